The quantitative estimate of drug-likeness (QED) is 0.547. The van der Waals surface area contributed by atoms with Crippen LogP contribution in [0.15, 0.2) is 53.9 Å². The summed E-state index contributed by atoms with van der Waals surface area (Å²) in [5.41, 5.74) is 5.58. The van der Waals surface area contributed by atoms with Crippen molar-refractivity contribution < 1.29 is 4.79 Å². The summed E-state index contributed by atoms with van der Waals surface area (Å²) in [4.78, 5) is 17.2. The summed E-state index contributed by atoms with van der Waals surface area (Å²) in [6.07, 6.45) is 0. The van der Waals surface area contributed by atoms with Crippen LogP contribution in [0.3, 0.4) is 0 Å². The molecule has 0 fully saturated rings. The Kier molecular flexibility index (Phi) is 4.09. The van der Waals surface area contributed by atoms with Crippen molar-refractivity contribution in [1.82, 2.24) is 9.55 Å². The number of hydrogen-bond donors (Lipinski definition) is 1. The van der Waals surface area contributed by atoms with Gasteiger partial charge in [-0.25, -0.2) is 4.98 Å². The van der Waals surface area contributed by atoms with Crippen molar-refractivity contribution in [2.75, 3.05) is 5.32 Å². The lowest BCUT2D eigenvalue weighted by atomic mass is 10.1. The summed E-state index contributed by atoms with van der Waals surface area (Å²) in [5, 5.41) is 6.80. The molecule has 4 nitrogen and oxygen atoms in total. The summed E-state index contributed by atoms with van der Waals surface area (Å²) in [5.74, 6) is -0.181. The average molecular weight is 361 g/mol. The largest absolute Gasteiger partial charge is 0.342 e. The number of rotatable bonds is 3. The molecule has 4 aromatic rings. The van der Waals surface area contributed by atoms with Gasteiger partial charge in [0.2, 0.25) is 0 Å². The van der Waals surface area contributed by atoms with E-state index in [9.17, 15) is 4.79 Å². The smallest absolute Gasteiger partial charge is 0.275 e. The average Bonchev–Trinajstić information content (AvgIpc) is 3.24. The van der Waals surface area contributed by atoms with Crippen molar-refractivity contribution >= 4 is 33.8 Å². The number of anilines is 1. The van der Waals surface area contributed by atoms with Crippen LogP contribution < -0.4 is 5.32 Å². The summed E-state index contributed by atoms with van der Waals surface area (Å²) in [6, 6.07) is 16.3. The summed E-state index contributed by atoms with van der Waals surface area (Å²) < 4.78 is 2.11. The molecular formula is C21H19N3OS. The number of aryl methyl sites for hydroxylation is 3. The highest BCUT2D eigenvalue weighted by Gasteiger charge is 2.16. The number of thiazole rings is 1. The molecule has 0 atom stereocenters. The lowest BCUT2D eigenvalue weighted by Crippen LogP contribution is -2.13. The fourth-order valence-corrected chi connectivity index (χ4v) is 3.90. The zero-order valence-electron chi connectivity index (χ0n) is 14.9. The third-order valence-corrected chi connectivity index (χ3v) is 5.41. The van der Waals surface area contributed by atoms with E-state index in [2.05, 4.69) is 33.1 Å². The van der Waals surface area contributed by atoms with Gasteiger partial charge in [-0.15, -0.1) is 11.3 Å². The Hall–Kier alpha value is -2.92. The standard InChI is InChI=1S/C21H19N3OS/c1-13-8-9-14(2)16(10-13)22-20(25)17-12-26-21(23-17)19-11-15-6-4-5-7-18(15)24(19)3/h4-12H,1-3H3,(H,22,25). The van der Waals surface area contributed by atoms with Crippen LogP contribution in [-0.4, -0.2) is 15.5 Å². The molecule has 130 valence electrons. The van der Waals surface area contributed by atoms with Crippen LogP contribution >= 0.6 is 11.3 Å². The maximum atomic E-state index is 12.6. The van der Waals surface area contributed by atoms with Gasteiger partial charge in [0.1, 0.15) is 10.7 Å². The van der Waals surface area contributed by atoms with E-state index in [-0.39, 0.29) is 5.91 Å². The predicted molar refractivity (Wildman–Crippen MR) is 108 cm³/mol. The molecule has 0 saturated carbocycles. The maximum Gasteiger partial charge on any atom is 0.275 e. The Morgan fingerprint density at radius 3 is 2.73 bits per heavy atom. The van der Waals surface area contributed by atoms with E-state index in [0.29, 0.717) is 5.69 Å². The van der Waals surface area contributed by atoms with Crippen LogP contribution in [0.1, 0.15) is 21.6 Å². The maximum absolute atomic E-state index is 12.6. The molecule has 0 aliphatic carbocycles. The van der Waals surface area contributed by atoms with Crippen LogP contribution in [0.2, 0.25) is 0 Å². The number of amides is 1. The number of carbonyl (C=O) groups excluding carboxylic acids is 1. The van der Waals surface area contributed by atoms with Crippen molar-refractivity contribution in [2.24, 2.45) is 7.05 Å². The van der Waals surface area contributed by atoms with Crippen LogP contribution in [0.25, 0.3) is 21.6 Å². The molecule has 0 saturated heterocycles. The minimum atomic E-state index is -0.181. The lowest BCUT2D eigenvalue weighted by Gasteiger charge is -2.08. The number of nitrogens with one attached hydrogen (secondary N) is 1. The van der Waals surface area contributed by atoms with Gasteiger partial charge < -0.3 is 9.88 Å². The molecule has 0 bridgehead atoms. The zero-order chi connectivity index (χ0) is 18.3. The normalized spacial score (nSPS) is 11.0. The van der Waals surface area contributed by atoms with Gasteiger partial charge in [-0.05, 0) is 43.2 Å². The molecule has 26 heavy (non-hydrogen) atoms. The predicted octanol–water partition coefficient (Wildman–Crippen LogP) is 5.17. The van der Waals surface area contributed by atoms with E-state index in [4.69, 9.17) is 0 Å². The minimum Gasteiger partial charge on any atom is -0.342 e. The van der Waals surface area contributed by atoms with Crippen molar-refractivity contribution in [3.05, 3.63) is 70.7 Å². The first kappa shape index (κ1) is 16.5. The molecule has 4 rings (SSSR count). The van der Waals surface area contributed by atoms with Gasteiger partial charge in [0.25, 0.3) is 5.91 Å². The Labute approximate surface area is 156 Å². The number of fused-ring (bicyclic) bond motifs is 1. The number of benzene rings is 2. The van der Waals surface area contributed by atoms with Gasteiger partial charge in [-0.3, -0.25) is 4.79 Å². The van der Waals surface area contributed by atoms with E-state index in [1.165, 1.54) is 16.7 Å². The molecule has 5 heteroatoms. The van der Waals surface area contributed by atoms with E-state index in [1.807, 2.05) is 56.6 Å². The number of para-hydroxylation sites is 1. The highest BCUT2D eigenvalue weighted by molar-refractivity contribution is 7.13. The van der Waals surface area contributed by atoms with Gasteiger partial charge in [0.05, 0.1) is 5.69 Å². The minimum absolute atomic E-state index is 0.181. The lowest BCUT2D eigenvalue weighted by molar-refractivity contribution is 0.102. The summed E-state index contributed by atoms with van der Waals surface area (Å²) in [6.45, 7) is 3.99. The Morgan fingerprint density at radius 2 is 1.92 bits per heavy atom. The fraction of sp³-hybridized carbons (Fsp3) is 0.143. The molecule has 2 aromatic carbocycles. The Bertz CT molecular complexity index is 1120. The monoisotopic (exact) mass is 361 g/mol. The SMILES string of the molecule is Cc1ccc(C)c(NC(=O)c2csc(-c3cc4ccccc4n3C)n2)c1. The van der Waals surface area contributed by atoms with Gasteiger partial charge >= 0.3 is 0 Å². The number of carbonyl (C=O) groups is 1. The van der Waals surface area contributed by atoms with E-state index in [0.717, 1.165) is 33.0 Å². The molecule has 0 aliphatic rings. The first-order valence-corrected chi connectivity index (χ1v) is 9.30. The van der Waals surface area contributed by atoms with Crippen LogP contribution in [0, 0.1) is 13.8 Å². The fourth-order valence-electron chi connectivity index (χ4n) is 3.05. The van der Waals surface area contributed by atoms with Crippen molar-refractivity contribution in [3.8, 4) is 10.7 Å². The van der Waals surface area contributed by atoms with Gasteiger partial charge in [0, 0.05) is 29.0 Å². The van der Waals surface area contributed by atoms with Crippen LogP contribution in [0.4, 0.5) is 5.69 Å². The second kappa shape index (κ2) is 6.42. The molecule has 0 spiro atoms. The second-order valence-corrected chi connectivity index (χ2v) is 7.32. The third kappa shape index (κ3) is 2.91. The molecule has 2 heterocycles. The molecule has 0 unspecified atom stereocenters. The highest BCUT2D eigenvalue weighted by Crippen LogP contribution is 2.29. The first-order valence-electron chi connectivity index (χ1n) is 8.42. The summed E-state index contributed by atoms with van der Waals surface area (Å²) >= 11 is 1.49. The van der Waals surface area contributed by atoms with Crippen molar-refractivity contribution in [3.63, 3.8) is 0 Å². The second-order valence-electron chi connectivity index (χ2n) is 6.46. The van der Waals surface area contributed by atoms with Crippen LogP contribution in [-0.2, 0) is 7.05 Å². The topological polar surface area (TPSA) is 46.9 Å². The molecule has 2 aromatic heterocycles. The summed E-state index contributed by atoms with van der Waals surface area (Å²) in [7, 11) is 2.02. The van der Waals surface area contributed by atoms with E-state index < -0.39 is 0 Å². The first-order chi connectivity index (χ1) is 12.5. The zero-order valence-corrected chi connectivity index (χ0v) is 15.7. The molecule has 1 amide bonds. The van der Waals surface area contributed by atoms with Gasteiger partial charge in [-0.2, -0.15) is 0 Å². The van der Waals surface area contributed by atoms with Crippen molar-refractivity contribution in [2.45, 2.75) is 13.8 Å². The molecule has 0 radical (unpaired) electrons. The van der Waals surface area contributed by atoms with Gasteiger partial charge in [-0.1, -0.05) is 30.3 Å². The van der Waals surface area contributed by atoms with Gasteiger partial charge in [0.15, 0.2) is 0 Å². The molecule has 1 N–H and O–H groups in total. The molecule has 0 aliphatic heterocycles. The third-order valence-electron chi connectivity index (χ3n) is 4.55. The number of hydrogen-bond acceptors (Lipinski definition) is 3. The van der Waals surface area contributed by atoms with Crippen molar-refractivity contribution in [1.29, 1.82) is 0 Å². The number of nitrogens with zero attached hydrogens (tertiary/aromatic N) is 2. The number of aromatic nitrogens is 2. The highest BCUT2D eigenvalue weighted by atomic mass is 32.1. The van der Waals surface area contributed by atoms with E-state index in [1.54, 1.807) is 0 Å². The van der Waals surface area contributed by atoms with E-state index >= 15 is 0 Å². The Morgan fingerprint density at radius 1 is 1.12 bits per heavy atom. The Balaban J connectivity index is 1.64. The molecular weight excluding hydrogens is 342 g/mol. The van der Waals surface area contributed by atoms with Crippen LogP contribution in [0.5, 0.6) is 0 Å².